The molecule has 0 spiro atoms. The van der Waals surface area contributed by atoms with Gasteiger partial charge in [-0.1, -0.05) is 0 Å². The van der Waals surface area contributed by atoms with Crippen LogP contribution in [0.25, 0.3) is 0 Å². The Balaban J connectivity index is 2.21. The van der Waals surface area contributed by atoms with Gasteiger partial charge in [-0.3, -0.25) is 4.79 Å². The number of nitrogens with one attached hydrogen (secondary N) is 1. The predicted octanol–water partition coefficient (Wildman–Crippen LogP) is -0.422. The predicted molar refractivity (Wildman–Crippen MR) is 57.2 cm³/mol. The van der Waals surface area contributed by atoms with E-state index in [-0.39, 0.29) is 6.61 Å². The molecule has 6 nitrogen and oxygen atoms in total. The summed E-state index contributed by atoms with van der Waals surface area (Å²) in [6.45, 7) is 0.826. The maximum Gasteiger partial charge on any atom is 0.243 e. The lowest BCUT2D eigenvalue weighted by molar-refractivity contribution is -0.122. The first-order chi connectivity index (χ1) is 7.20. The molecule has 0 radical (unpaired) electrons. The van der Waals surface area contributed by atoms with Crippen molar-refractivity contribution < 1.29 is 9.53 Å². The minimum Gasteiger partial charge on any atom is -0.396 e. The van der Waals surface area contributed by atoms with Crippen LogP contribution in [0.4, 0.5) is 11.5 Å². The molecule has 1 rings (SSSR count). The molecule has 0 aliphatic carbocycles. The fourth-order valence-electron chi connectivity index (χ4n) is 0.980. The molecule has 0 saturated heterocycles. The summed E-state index contributed by atoms with van der Waals surface area (Å²) in [5.74, 6) is 0.132. The summed E-state index contributed by atoms with van der Waals surface area (Å²) in [5.41, 5.74) is 11.1. The van der Waals surface area contributed by atoms with Gasteiger partial charge in [0.2, 0.25) is 5.91 Å². The van der Waals surface area contributed by atoms with Gasteiger partial charge in [0.05, 0.1) is 12.3 Å². The van der Waals surface area contributed by atoms with Crippen LogP contribution in [-0.4, -0.2) is 30.6 Å². The van der Waals surface area contributed by atoms with E-state index >= 15 is 0 Å². The smallest absolute Gasteiger partial charge is 0.243 e. The molecular weight excluding hydrogens is 196 g/mol. The highest BCUT2D eigenvalue weighted by molar-refractivity contribution is 5.74. The van der Waals surface area contributed by atoms with E-state index in [1.807, 2.05) is 0 Å². The Morgan fingerprint density at radius 2 is 2.40 bits per heavy atom. The zero-order valence-corrected chi connectivity index (χ0v) is 8.27. The monoisotopic (exact) mass is 210 g/mol. The van der Waals surface area contributed by atoms with Gasteiger partial charge in [-0.2, -0.15) is 0 Å². The van der Waals surface area contributed by atoms with Crippen LogP contribution in [0.5, 0.6) is 0 Å². The van der Waals surface area contributed by atoms with Gasteiger partial charge >= 0.3 is 0 Å². The van der Waals surface area contributed by atoms with Crippen molar-refractivity contribution in [3.8, 4) is 0 Å². The van der Waals surface area contributed by atoms with Gasteiger partial charge in [0.1, 0.15) is 12.4 Å². The van der Waals surface area contributed by atoms with Crippen LogP contribution in [0.1, 0.15) is 0 Å². The van der Waals surface area contributed by atoms with Gasteiger partial charge in [0.15, 0.2) is 0 Å². The zero-order chi connectivity index (χ0) is 11.1. The number of primary amides is 1. The zero-order valence-electron chi connectivity index (χ0n) is 8.27. The number of anilines is 2. The molecule has 0 aliphatic rings. The van der Waals surface area contributed by atoms with Crippen molar-refractivity contribution >= 4 is 17.4 Å². The van der Waals surface area contributed by atoms with Crippen LogP contribution >= 0.6 is 0 Å². The summed E-state index contributed by atoms with van der Waals surface area (Å²) >= 11 is 0. The molecule has 1 heterocycles. The minimum atomic E-state index is -0.479. The number of rotatable bonds is 6. The number of nitrogen functional groups attached to an aromatic ring is 1. The molecule has 1 aromatic heterocycles. The van der Waals surface area contributed by atoms with Crippen molar-refractivity contribution in [1.29, 1.82) is 0 Å². The van der Waals surface area contributed by atoms with Gasteiger partial charge in [0, 0.05) is 12.7 Å². The van der Waals surface area contributed by atoms with E-state index in [0.29, 0.717) is 24.7 Å². The van der Waals surface area contributed by atoms with Gasteiger partial charge < -0.3 is 21.5 Å². The molecule has 6 heteroatoms. The lowest BCUT2D eigenvalue weighted by Crippen LogP contribution is -2.20. The van der Waals surface area contributed by atoms with Gasteiger partial charge in [-0.15, -0.1) is 0 Å². The number of nitrogens with zero attached hydrogens (tertiary/aromatic N) is 1. The molecule has 0 aromatic carbocycles. The topological polar surface area (TPSA) is 103 Å². The maximum absolute atomic E-state index is 10.3. The molecule has 0 aliphatic heterocycles. The van der Waals surface area contributed by atoms with Crippen LogP contribution in [0, 0.1) is 0 Å². The van der Waals surface area contributed by atoms with Gasteiger partial charge in [-0.25, -0.2) is 4.98 Å². The van der Waals surface area contributed by atoms with E-state index in [9.17, 15) is 4.79 Å². The quantitative estimate of drug-likeness (QED) is 0.553. The van der Waals surface area contributed by atoms with Gasteiger partial charge in [-0.05, 0) is 12.1 Å². The number of carbonyl (C=O) groups is 1. The van der Waals surface area contributed by atoms with Crippen molar-refractivity contribution in [2.75, 3.05) is 30.8 Å². The van der Waals surface area contributed by atoms with E-state index in [1.54, 1.807) is 18.3 Å². The Morgan fingerprint density at radius 3 is 3.07 bits per heavy atom. The Kier molecular flexibility index (Phi) is 4.36. The summed E-state index contributed by atoms with van der Waals surface area (Å²) in [7, 11) is 0. The molecule has 0 saturated carbocycles. The Morgan fingerprint density at radius 1 is 1.60 bits per heavy atom. The average molecular weight is 210 g/mol. The van der Waals surface area contributed by atoms with E-state index in [4.69, 9.17) is 16.2 Å². The summed E-state index contributed by atoms with van der Waals surface area (Å²) in [5, 5.41) is 2.97. The third kappa shape index (κ3) is 4.28. The standard InChI is InChI=1S/C9H14N4O2/c10-7-2-1-3-12-9(7)13-4-5-15-6-8(11)14/h1-3H,4-6,10H2,(H2,11,14)(H,12,13). The highest BCUT2D eigenvalue weighted by Gasteiger charge is 1.98. The van der Waals surface area contributed by atoms with Crippen LogP contribution < -0.4 is 16.8 Å². The van der Waals surface area contributed by atoms with Crippen molar-refractivity contribution in [1.82, 2.24) is 4.98 Å². The second kappa shape index (κ2) is 5.82. The first kappa shape index (κ1) is 11.3. The number of amides is 1. The third-order valence-corrected chi connectivity index (χ3v) is 1.62. The summed E-state index contributed by atoms with van der Waals surface area (Å²) in [6, 6.07) is 3.50. The van der Waals surface area contributed by atoms with Gasteiger partial charge in [0.25, 0.3) is 0 Å². The number of hydrogen-bond donors (Lipinski definition) is 3. The Hall–Kier alpha value is -1.82. The first-order valence-electron chi connectivity index (χ1n) is 4.50. The third-order valence-electron chi connectivity index (χ3n) is 1.62. The SMILES string of the molecule is NC(=O)COCCNc1ncccc1N. The lowest BCUT2D eigenvalue weighted by Gasteiger charge is -2.07. The van der Waals surface area contributed by atoms with Crippen molar-refractivity contribution in [2.24, 2.45) is 5.73 Å². The summed E-state index contributed by atoms with van der Waals surface area (Å²) in [4.78, 5) is 14.4. The molecule has 1 aromatic rings. The van der Waals surface area contributed by atoms with Crippen molar-refractivity contribution in [2.45, 2.75) is 0 Å². The van der Waals surface area contributed by atoms with Crippen LogP contribution in [0.2, 0.25) is 0 Å². The molecule has 0 atom stereocenters. The molecule has 0 fully saturated rings. The van der Waals surface area contributed by atoms with E-state index < -0.39 is 5.91 Å². The van der Waals surface area contributed by atoms with Crippen molar-refractivity contribution in [3.63, 3.8) is 0 Å². The molecule has 5 N–H and O–H groups in total. The fourth-order valence-corrected chi connectivity index (χ4v) is 0.980. The molecule has 82 valence electrons. The highest BCUT2D eigenvalue weighted by Crippen LogP contribution is 2.11. The summed E-state index contributed by atoms with van der Waals surface area (Å²) in [6.07, 6.45) is 1.64. The Labute approximate surface area is 87.6 Å². The second-order valence-corrected chi connectivity index (χ2v) is 2.89. The number of hydrogen-bond acceptors (Lipinski definition) is 5. The largest absolute Gasteiger partial charge is 0.396 e. The summed E-state index contributed by atoms with van der Waals surface area (Å²) < 4.78 is 4.95. The number of carbonyl (C=O) groups excluding carboxylic acids is 1. The number of aromatic nitrogens is 1. The first-order valence-corrected chi connectivity index (χ1v) is 4.50. The molecule has 0 unspecified atom stereocenters. The van der Waals surface area contributed by atoms with Crippen molar-refractivity contribution in [3.05, 3.63) is 18.3 Å². The molecule has 1 amide bonds. The van der Waals surface area contributed by atoms with Crippen LogP contribution in [0.15, 0.2) is 18.3 Å². The van der Waals surface area contributed by atoms with Crippen LogP contribution in [-0.2, 0) is 9.53 Å². The maximum atomic E-state index is 10.3. The molecule has 0 bridgehead atoms. The average Bonchev–Trinajstić information content (AvgIpc) is 2.20. The van der Waals surface area contributed by atoms with E-state index in [1.165, 1.54) is 0 Å². The molecular formula is C9H14N4O2. The number of pyridine rings is 1. The highest BCUT2D eigenvalue weighted by atomic mass is 16.5. The molecule has 15 heavy (non-hydrogen) atoms. The normalized spacial score (nSPS) is 9.87. The van der Waals surface area contributed by atoms with Crippen LogP contribution in [0.3, 0.4) is 0 Å². The lowest BCUT2D eigenvalue weighted by atomic mass is 10.4. The number of ether oxygens (including phenoxy) is 1. The van der Waals surface area contributed by atoms with E-state index in [0.717, 1.165) is 0 Å². The number of nitrogens with two attached hydrogens (primary N) is 2. The fraction of sp³-hybridized carbons (Fsp3) is 0.333. The van der Waals surface area contributed by atoms with E-state index in [2.05, 4.69) is 10.3 Å². The Bertz CT molecular complexity index is 330. The minimum absolute atomic E-state index is 0.0701. The second-order valence-electron chi connectivity index (χ2n) is 2.89.